The van der Waals surface area contributed by atoms with E-state index in [1.54, 1.807) is 24.5 Å². The normalized spacial score (nSPS) is 19.2. The number of halogens is 1. The van der Waals surface area contributed by atoms with Crippen LogP contribution in [-0.2, 0) is 26.2 Å². The van der Waals surface area contributed by atoms with Gasteiger partial charge in [-0.2, -0.15) is 14.3 Å². The number of carbonyl (C=O) groups is 4. The van der Waals surface area contributed by atoms with Crippen LogP contribution in [0.2, 0.25) is 0 Å². The van der Waals surface area contributed by atoms with Crippen LogP contribution in [0.3, 0.4) is 0 Å². The summed E-state index contributed by atoms with van der Waals surface area (Å²) in [5, 5.41) is 15.1. The van der Waals surface area contributed by atoms with Crippen molar-refractivity contribution in [1.82, 2.24) is 49.0 Å². The van der Waals surface area contributed by atoms with Gasteiger partial charge in [-0.1, -0.05) is 6.07 Å². The summed E-state index contributed by atoms with van der Waals surface area (Å²) in [6.07, 6.45) is 7.72. The number of piperazine rings is 1. The van der Waals surface area contributed by atoms with Crippen molar-refractivity contribution in [1.29, 1.82) is 0 Å². The van der Waals surface area contributed by atoms with Gasteiger partial charge < -0.3 is 10.2 Å². The number of rotatable bonds is 10. The summed E-state index contributed by atoms with van der Waals surface area (Å²) in [4.78, 5) is 70.1. The van der Waals surface area contributed by atoms with E-state index in [-0.39, 0.29) is 35.3 Å². The maximum absolute atomic E-state index is 13.5. The van der Waals surface area contributed by atoms with Crippen LogP contribution in [0.4, 0.5) is 17.5 Å². The molecule has 4 aromatic heterocycles. The number of carbonyl (C=O) groups excluding carboxylic acids is 4. The monoisotopic (exact) mass is 856 g/mol. The smallest absolute Gasteiger partial charge is 0.263 e. The molecule has 20 heteroatoms. The number of hydrogen-bond donors (Lipinski definition) is 2. The Bertz CT molecular complexity index is 2610. The maximum atomic E-state index is 13.5. The van der Waals surface area contributed by atoms with Gasteiger partial charge in [-0.05, 0) is 66.7 Å². The van der Waals surface area contributed by atoms with Crippen molar-refractivity contribution in [2.24, 2.45) is 0 Å². The first-order valence-electron chi connectivity index (χ1n) is 18.7. The van der Waals surface area contributed by atoms with Gasteiger partial charge >= 0.3 is 0 Å². The highest BCUT2D eigenvalue weighted by Crippen LogP contribution is 2.36. The molecule has 7 heterocycles. The van der Waals surface area contributed by atoms with Crippen LogP contribution in [0.5, 0.6) is 0 Å². The van der Waals surface area contributed by atoms with E-state index in [1.807, 2.05) is 16.8 Å². The Hall–Kier alpha value is -5.60. The minimum atomic E-state index is -3.51. The fourth-order valence-corrected chi connectivity index (χ4v) is 9.65. The molecule has 9 rings (SSSR count). The highest BCUT2D eigenvalue weighted by atomic mass is 79.9. The largest absolute Gasteiger partial charge is 0.352 e. The Morgan fingerprint density at radius 1 is 0.965 bits per heavy atom. The molecule has 3 fully saturated rings. The van der Waals surface area contributed by atoms with Gasteiger partial charge in [0.05, 0.1) is 45.2 Å². The number of pyridine rings is 1. The van der Waals surface area contributed by atoms with Crippen molar-refractivity contribution >= 4 is 77.9 Å². The zero-order valence-corrected chi connectivity index (χ0v) is 33.3. The van der Waals surface area contributed by atoms with E-state index >= 15 is 0 Å². The van der Waals surface area contributed by atoms with Gasteiger partial charge in [0.2, 0.25) is 11.8 Å². The highest BCUT2D eigenvalue weighted by molar-refractivity contribution is 9.10. The molecule has 1 unspecified atom stereocenters. The Morgan fingerprint density at radius 2 is 1.75 bits per heavy atom. The lowest BCUT2D eigenvalue weighted by Gasteiger charge is -2.35. The minimum absolute atomic E-state index is 0.0594. The number of benzene rings is 1. The molecule has 294 valence electrons. The Morgan fingerprint density at radius 3 is 2.49 bits per heavy atom. The summed E-state index contributed by atoms with van der Waals surface area (Å²) in [5.74, 6) is 0.0515. The van der Waals surface area contributed by atoms with Crippen LogP contribution in [0.1, 0.15) is 71.9 Å². The Labute approximate surface area is 334 Å². The lowest BCUT2D eigenvalue weighted by Crippen LogP contribution is -2.54. The molecule has 1 aliphatic carbocycles. The van der Waals surface area contributed by atoms with Gasteiger partial charge in [0.15, 0.2) is 11.6 Å². The van der Waals surface area contributed by atoms with Crippen molar-refractivity contribution in [3.05, 3.63) is 70.2 Å². The van der Waals surface area contributed by atoms with Gasteiger partial charge in [-0.25, -0.2) is 23.4 Å². The quantitative estimate of drug-likeness (QED) is 0.193. The number of piperidine rings is 1. The molecule has 0 spiro atoms. The molecule has 4 aliphatic rings. The third-order valence-corrected chi connectivity index (χ3v) is 13.6. The molecule has 3 aliphatic heterocycles. The number of aromatic nitrogens is 7. The van der Waals surface area contributed by atoms with E-state index in [0.717, 1.165) is 31.3 Å². The summed E-state index contributed by atoms with van der Waals surface area (Å²) in [6.45, 7) is 7.47. The van der Waals surface area contributed by atoms with Crippen molar-refractivity contribution in [2.75, 3.05) is 36.4 Å². The first-order chi connectivity index (χ1) is 27.4. The molecule has 2 saturated heterocycles. The molecule has 5 aromatic rings. The molecule has 4 amide bonds. The third kappa shape index (κ3) is 6.63. The van der Waals surface area contributed by atoms with Gasteiger partial charge in [0.1, 0.15) is 17.7 Å². The maximum Gasteiger partial charge on any atom is 0.263 e. The topological polar surface area (TPSA) is 211 Å². The van der Waals surface area contributed by atoms with E-state index in [0.29, 0.717) is 73.1 Å². The fourth-order valence-electron chi connectivity index (χ4n) is 7.53. The first kappa shape index (κ1) is 37.0. The molecule has 0 bridgehead atoms. The summed E-state index contributed by atoms with van der Waals surface area (Å²) in [6, 6.07) is 6.15. The van der Waals surface area contributed by atoms with E-state index in [2.05, 4.69) is 65.3 Å². The van der Waals surface area contributed by atoms with Crippen LogP contribution in [0.25, 0.3) is 22.3 Å². The number of imide groups is 2. The van der Waals surface area contributed by atoms with Gasteiger partial charge in [0, 0.05) is 68.1 Å². The molecule has 18 nitrogen and oxygen atoms in total. The lowest BCUT2D eigenvalue weighted by atomic mass is 10.0. The zero-order chi connectivity index (χ0) is 39.7. The summed E-state index contributed by atoms with van der Waals surface area (Å²) in [7, 11) is -3.51. The van der Waals surface area contributed by atoms with E-state index < -0.39 is 39.7 Å². The van der Waals surface area contributed by atoms with Crippen molar-refractivity contribution in [3.8, 4) is 11.4 Å². The van der Waals surface area contributed by atoms with Crippen molar-refractivity contribution in [2.45, 2.75) is 63.4 Å². The summed E-state index contributed by atoms with van der Waals surface area (Å²) >= 11 is 3.60. The van der Waals surface area contributed by atoms with Gasteiger partial charge in [-0.15, -0.1) is 0 Å². The predicted octanol–water partition coefficient (Wildman–Crippen LogP) is 3.24. The molecule has 0 radical (unpaired) electrons. The third-order valence-electron chi connectivity index (χ3n) is 10.7. The Balaban J connectivity index is 0.882. The second-order valence-electron chi connectivity index (χ2n) is 14.9. The standard InChI is InChI=1S/C37H37BrN12O6S/c1-20(2)50-27-15-29(42-28-9-10-39-33(43-28)22-16-41-48(19-22)57(55,56)23-4-5-23)40-17-25(27)34(45-50)47-13-11-46(12-14-47)18-21-3-6-24-31(32(21)38)37(54)49(36(24)53)26-7-8-30(51)44-35(26)52/h3,6,9-10,15-17,19-20,23,26H,4-5,7-8,11-14,18H2,1-2H3,(H,44,51,52)(H,39,40,42,43). The fraction of sp³-hybridized carbons (Fsp3) is 0.378. The number of fused-ring (bicyclic) bond motifs is 2. The number of anilines is 3. The Kier molecular flexibility index (Phi) is 9.15. The molecule has 2 N–H and O–H groups in total. The van der Waals surface area contributed by atoms with Gasteiger partial charge in [-0.3, -0.25) is 39.0 Å². The van der Waals surface area contributed by atoms with Gasteiger partial charge in [0.25, 0.3) is 21.8 Å². The summed E-state index contributed by atoms with van der Waals surface area (Å²) < 4.78 is 28.8. The lowest BCUT2D eigenvalue weighted by molar-refractivity contribution is -0.136. The number of amides is 4. The first-order valence-corrected chi connectivity index (χ1v) is 20.9. The molecule has 1 atom stereocenters. The number of nitrogens with one attached hydrogen (secondary N) is 2. The zero-order valence-electron chi connectivity index (χ0n) is 30.9. The van der Waals surface area contributed by atoms with Crippen LogP contribution in [0, 0.1) is 0 Å². The van der Waals surface area contributed by atoms with Crippen LogP contribution in [-0.4, -0.2) is 113 Å². The van der Waals surface area contributed by atoms with E-state index in [9.17, 15) is 27.6 Å². The van der Waals surface area contributed by atoms with E-state index in [1.165, 1.54) is 12.4 Å². The number of nitrogens with zero attached hydrogens (tertiary/aromatic N) is 10. The second kappa shape index (κ2) is 14.1. The molecular formula is C37H37BrN12O6S. The number of hydrogen-bond acceptors (Lipinski definition) is 14. The van der Waals surface area contributed by atoms with Crippen LogP contribution >= 0.6 is 15.9 Å². The highest BCUT2D eigenvalue weighted by Gasteiger charge is 2.46. The molecular weight excluding hydrogens is 820 g/mol. The second-order valence-corrected chi connectivity index (χ2v) is 17.7. The van der Waals surface area contributed by atoms with Crippen molar-refractivity contribution in [3.63, 3.8) is 0 Å². The summed E-state index contributed by atoms with van der Waals surface area (Å²) in [5.41, 5.74) is 2.70. The average Bonchev–Trinajstić information content (AvgIpc) is 3.73. The molecule has 1 saturated carbocycles. The molecule has 1 aromatic carbocycles. The predicted molar refractivity (Wildman–Crippen MR) is 210 cm³/mol. The SMILES string of the molecule is CC(C)n1nc(N2CCN(Cc3ccc4c(c3Br)C(=O)N(C3CCC(=O)NC3=O)C4=O)CC2)c2cnc(Nc3ccnc(-c4cnn(S(=O)(=O)C5CC5)c4)n3)cc21. The molecule has 57 heavy (non-hydrogen) atoms. The van der Waals surface area contributed by atoms with E-state index in [4.69, 9.17) is 10.1 Å². The van der Waals surface area contributed by atoms with Crippen LogP contribution in [0.15, 0.2) is 53.5 Å². The van der Waals surface area contributed by atoms with Crippen molar-refractivity contribution < 1.29 is 27.6 Å². The van der Waals surface area contributed by atoms with Crippen LogP contribution < -0.4 is 15.5 Å². The average molecular weight is 858 g/mol. The minimum Gasteiger partial charge on any atom is -0.352 e.